The summed E-state index contributed by atoms with van der Waals surface area (Å²) in [6.07, 6.45) is 0. The molecule has 6 heteroatoms. The quantitative estimate of drug-likeness (QED) is 0.712. The molecule has 0 saturated carbocycles. The maximum absolute atomic E-state index is 11.0. The van der Waals surface area contributed by atoms with Crippen molar-refractivity contribution < 1.29 is 4.79 Å². The van der Waals surface area contributed by atoms with Crippen molar-refractivity contribution in [2.75, 3.05) is 5.32 Å². The van der Waals surface area contributed by atoms with Crippen LogP contribution in [0.5, 0.6) is 0 Å². The van der Waals surface area contributed by atoms with Gasteiger partial charge < -0.3 is 16.4 Å². The monoisotopic (exact) mass is 377 g/mol. The molecule has 0 aliphatic carbocycles. The summed E-state index contributed by atoms with van der Waals surface area (Å²) >= 11 is 8.71. The number of primary amides is 1. The standard InChI is InChI=1S/C16H16BrN3OS/c1-10(11-2-6-13(17)7-3-11)19-16(22)20-14-8-4-12(5-9-14)15(18)21/h2-10H,1H3,(H2,18,21)(H2,19,20,22)/t10-/m1/s1. The number of nitrogens with one attached hydrogen (secondary N) is 2. The lowest BCUT2D eigenvalue weighted by molar-refractivity contribution is 0.100. The second kappa shape index (κ2) is 7.38. The van der Waals surface area contributed by atoms with E-state index in [-0.39, 0.29) is 6.04 Å². The zero-order chi connectivity index (χ0) is 16.1. The van der Waals surface area contributed by atoms with Gasteiger partial charge in [0.15, 0.2) is 5.11 Å². The highest BCUT2D eigenvalue weighted by atomic mass is 79.9. The maximum Gasteiger partial charge on any atom is 0.248 e. The van der Waals surface area contributed by atoms with E-state index in [1.807, 2.05) is 31.2 Å². The fraction of sp³-hybridized carbons (Fsp3) is 0.125. The van der Waals surface area contributed by atoms with Gasteiger partial charge in [0.2, 0.25) is 5.91 Å². The van der Waals surface area contributed by atoms with Crippen LogP contribution in [0.15, 0.2) is 53.0 Å². The molecule has 0 unspecified atom stereocenters. The highest BCUT2D eigenvalue weighted by Gasteiger charge is 2.07. The number of rotatable bonds is 4. The number of halogens is 1. The lowest BCUT2D eigenvalue weighted by atomic mass is 10.1. The topological polar surface area (TPSA) is 67.2 Å². The summed E-state index contributed by atoms with van der Waals surface area (Å²) in [5.74, 6) is -0.448. The molecule has 0 aliphatic heterocycles. The SMILES string of the molecule is C[C@@H](NC(=S)Nc1ccc(C(N)=O)cc1)c1ccc(Br)cc1. The summed E-state index contributed by atoms with van der Waals surface area (Å²) in [5.41, 5.74) is 7.60. The first-order valence-electron chi connectivity index (χ1n) is 6.68. The molecular weight excluding hydrogens is 362 g/mol. The average molecular weight is 378 g/mol. The summed E-state index contributed by atoms with van der Waals surface area (Å²) in [6, 6.07) is 15.0. The lowest BCUT2D eigenvalue weighted by Gasteiger charge is -2.17. The van der Waals surface area contributed by atoms with Gasteiger partial charge in [-0.15, -0.1) is 0 Å². The van der Waals surface area contributed by atoms with Gasteiger partial charge in [0.1, 0.15) is 0 Å². The van der Waals surface area contributed by atoms with Crippen molar-refractivity contribution in [1.29, 1.82) is 0 Å². The second-order valence-corrected chi connectivity index (χ2v) is 6.14. The van der Waals surface area contributed by atoms with Crippen molar-refractivity contribution >= 4 is 44.9 Å². The van der Waals surface area contributed by atoms with Crippen LogP contribution in [0.25, 0.3) is 0 Å². The van der Waals surface area contributed by atoms with E-state index in [9.17, 15) is 4.79 Å². The molecule has 0 aromatic heterocycles. The minimum absolute atomic E-state index is 0.0815. The van der Waals surface area contributed by atoms with Crippen LogP contribution in [0.1, 0.15) is 28.9 Å². The van der Waals surface area contributed by atoms with Crippen molar-refractivity contribution in [2.45, 2.75) is 13.0 Å². The first-order chi connectivity index (χ1) is 10.5. The van der Waals surface area contributed by atoms with E-state index in [4.69, 9.17) is 18.0 Å². The smallest absolute Gasteiger partial charge is 0.248 e. The number of anilines is 1. The molecule has 114 valence electrons. The van der Waals surface area contributed by atoms with Gasteiger partial charge in [-0.05, 0) is 61.1 Å². The summed E-state index contributed by atoms with van der Waals surface area (Å²) < 4.78 is 1.04. The molecule has 0 heterocycles. The van der Waals surface area contributed by atoms with Crippen molar-refractivity contribution in [2.24, 2.45) is 5.73 Å². The Hall–Kier alpha value is -1.92. The fourth-order valence-electron chi connectivity index (χ4n) is 1.92. The second-order valence-electron chi connectivity index (χ2n) is 4.81. The number of nitrogens with two attached hydrogens (primary N) is 1. The van der Waals surface area contributed by atoms with E-state index in [1.54, 1.807) is 24.3 Å². The first kappa shape index (κ1) is 16.5. The Labute approximate surface area is 143 Å². The number of hydrogen-bond donors (Lipinski definition) is 3. The van der Waals surface area contributed by atoms with Crippen LogP contribution in [-0.2, 0) is 0 Å². The van der Waals surface area contributed by atoms with Gasteiger partial charge in [0, 0.05) is 15.7 Å². The number of benzene rings is 2. The lowest BCUT2D eigenvalue weighted by Crippen LogP contribution is -2.30. The Kier molecular flexibility index (Phi) is 5.51. The molecule has 0 aliphatic rings. The largest absolute Gasteiger partial charge is 0.366 e. The van der Waals surface area contributed by atoms with E-state index in [0.29, 0.717) is 10.7 Å². The minimum Gasteiger partial charge on any atom is -0.366 e. The molecule has 0 spiro atoms. The summed E-state index contributed by atoms with van der Waals surface area (Å²) in [7, 11) is 0. The Bertz CT molecular complexity index is 671. The molecule has 0 saturated heterocycles. The van der Waals surface area contributed by atoms with E-state index in [0.717, 1.165) is 15.7 Å². The van der Waals surface area contributed by atoms with Crippen LogP contribution in [0.4, 0.5) is 5.69 Å². The predicted octanol–water partition coefficient (Wildman–Crippen LogP) is 3.60. The summed E-state index contributed by atoms with van der Waals surface area (Å²) in [5, 5.41) is 6.81. The van der Waals surface area contributed by atoms with Gasteiger partial charge >= 0.3 is 0 Å². The Morgan fingerprint density at radius 3 is 2.27 bits per heavy atom. The predicted molar refractivity (Wildman–Crippen MR) is 96.9 cm³/mol. The molecule has 4 N–H and O–H groups in total. The fourth-order valence-corrected chi connectivity index (χ4v) is 2.48. The molecule has 0 bridgehead atoms. The van der Waals surface area contributed by atoms with Crippen molar-refractivity contribution in [1.82, 2.24) is 5.32 Å². The molecule has 2 aromatic rings. The normalized spacial score (nSPS) is 11.5. The number of hydrogen-bond acceptors (Lipinski definition) is 2. The molecule has 22 heavy (non-hydrogen) atoms. The molecule has 1 atom stereocenters. The van der Waals surface area contributed by atoms with Crippen LogP contribution in [0.3, 0.4) is 0 Å². The molecular formula is C16H16BrN3OS. The summed E-state index contributed by atoms with van der Waals surface area (Å²) in [4.78, 5) is 11.0. The zero-order valence-corrected chi connectivity index (χ0v) is 14.4. The highest BCUT2D eigenvalue weighted by molar-refractivity contribution is 9.10. The Morgan fingerprint density at radius 1 is 1.14 bits per heavy atom. The van der Waals surface area contributed by atoms with Gasteiger partial charge in [0.05, 0.1) is 6.04 Å². The molecule has 2 aromatic carbocycles. The average Bonchev–Trinajstić information content (AvgIpc) is 2.48. The molecule has 0 radical (unpaired) electrons. The Balaban J connectivity index is 1.94. The third-order valence-corrected chi connectivity index (χ3v) is 3.89. The van der Waals surface area contributed by atoms with Gasteiger partial charge in [0.25, 0.3) is 0 Å². The summed E-state index contributed by atoms with van der Waals surface area (Å²) in [6.45, 7) is 2.04. The van der Waals surface area contributed by atoms with Crippen molar-refractivity contribution in [3.8, 4) is 0 Å². The third-order valence-electron chi connectivity index (χ3n) is 3.14. The third kappa shape index (κ3) is 4.54. The first-order valence-corrected chi connectivity index (χ1v) is 7.88. The van der Waals surface area contributed by atoms with Crippen molar-refractivity contribution in [3.05, 3.63) is 64.1 Å². The minimum atomic E-state index is -0.448. The van der Waals surface area contributed by atoms with Crippen LogP contribution < -0.4 is 16.4 Å². The van der Waals surface area contributed by atoms with Crippen LogP contribution in [0.2, 0.25) is 0 Å². The van der Waals surface area contributed by atoms with Crippen LogP contribution in [-0.4, -0.2) is 11.0 Å². The molecule has 2 rings (SSSR count). The van der Waals surface area contributed by atoms with E-state index < -0.39 is 5.91 Å². The maximum atomic E-state index is 11.0. The van der Waals surface area contributed by atoms with E-state index in [2.05, 4.69) is 26.6 Å². The van der Waals surface area contributed by atoms with Crippen molar-refractivity contribution in [3.63, 3.8) is 0 Å². The van der Waals surface area contributed by atoms with Crippen LogP contribution >= 0.6 is 28.1 Å². The molecule has 0 fully saturated rings. The van der Waals surface area contributed by atoms with Crippen LogP contribution in [0, 0.1) is 0 Å². The Morgan fingerprint density at radius 2 is 1.73 bits per heavy atom. The van der Waals surface area contributed by atoms with Gasteiger partial charge in [-0.2, -0.15) is 0 Å². The van der Waals surface area contributed by atoms with Gasteiger partial charge in [-0.25, -0.2) is 0 Å². The zero-order valence-electron chi connectivity index (χ0n) is 12.0. The van der Waals surface area contributed by atoms with Gasteiger partial charge in [-0.3, -0.25) is 4.79 Å². The van der Waals surface area contributed by atoms with E-state index >= 15 is 0 Å². The number of amides is 1. The highest BCUT2D eigenvalue weighted by Crippen LogP contribution is 2.17. The van der Waals surface area contributed by atoms with E-state index in [1.165, 1.54) is 0 Å². The number of carbonyl (C=O) groups is 1. The number of carbonyl (C=O) groups excluding carboxylic acids is 1. The van der Waals surface area contributed by atoms with Gasteiger partial charge in [-0.1, -0.05) is 28.1 Å². The molecule has 1 amide bonds. The molecule has 4 nitrogen and oxygen atoms in total. The number of thiocarbonyl (C=S) groups is 1.